The number of aryl methyl sites for hydroxylation is 1. The van der Waals surface area contributed by atoms with Crippen molar-refractivity contribution in [2.45, 2.75) is 33.1 Å². The molecular formula is C25H27BrN2O6. The van der Waals surface area contributed by atoms with E-state index in [2.05, 4.69) is 21.2 Å². The zero-order chi connectivity index (χ0) is 24.7. The number of amides is 2. The van der Waals surface area contributed by atoms with E-state index in [0.717, 1.165) is 22.9 Å². The van der Waals surface area contributed by atoms with Gasteiger partial charge in [0.2, 0.25) is 5.91 Å². The second kappa shape index (κ2) is 11.8. The lowest BCUT2D eigenvalue weighted by atomic mass is 10.1. The van der Waals surface area contributed by atoms with Gasteiger partial charge in [-0.3, -0.25) is 14.4 Å². The van der Waals surface area contributed by atoms with Crippen LogP contribution in [0.2, 0.25) is 0 Å². The number of hydrogen-bond acceptors (Lipinski definition) is 6. The Morgan fingerprint density at radius 1 is 1.09 bits per heavy atom. The lowest BCUT2D eigenvalue weighted by Gasteiger charge is -2.17. The minimum atomic E-state index is -0.673. The van der Waals surface area contributed by atoms with E-state index in [0.29, 0.717) is 23.5 Å². The van der Waals surface area contributed by atoms with Crippen molar-refractivity contribution in [3.63, 3.8) is 0 Å². The van der Waals surface area contributed by atoms with Gasteiger partial charge >= 0.3 is 11.9 Å². The van der Waals surface area contributed by atoms with Crippen LogP contribution in [0.15, 0.2) is 46.9 Å². The van der Waals surface area contributed by atoms with Crippen molar-refractivity contribution in [1.82, 2.24) is 0 Å². The third-order valence-corrected chi connectivity index (χ3v) is 5.87. The largest absolute Gasteiger partial charge is 0.462 e. The maximum absolute atomic E-state index is 12.5. The molecule has 1 aliphatic rings. The van der Waals surface area contributed by atoms with Gasteiger partial charge in [-0.25, -0.2) is 4.79 Å². The molecular weight excluding hydrogens is 504 g/mol. The Morgan fingerprint density at radius 3 is 2.50 bits per heavy atom. The summed E-state index contributed by atoms with van der Waals surface area (Å²) in [5.74, 6) is -2.37. The van der Waals surface area contributed by atoms with Gasteiger partial charge in [0.05, 0.1) is 18.1 Å². The Kier molecular flexibility index (Phi) is 8.81. The van der Waals surface area contributed by atoms with E-state index in [1.165, 1.54) is 4.90 Å². The Labute approximate surface area is 206 Å². The zero-order valence-electron chi connectivity index (χ0n) is 19.1. The molecule has 1 atom stereocenters. The van der Waals surface area contributed by atoms with Gasteiger partial charge in [-0.15, -0.1) is 0 Å². The van der Waals surface area contributed by atoms with Gasteiger partial charge in [0.25, 0.3) is 5.91 Å². The van der Waals surface area contributed by atoms with Crippen LogP contribution in [-0.4, -0.2) is 43.5 Å². The van der Waals surface area contributed by atoms with Gasteiger partial charge in [-0.1, -0.05) is 29.8 Å². The summed E-state index contributed by atoms with van der Waals surface area (Å²) in [6, 6.07) is 12.0. The van der Waals surface area contributed by atoms with Crippen LogP contribution in [0.3, 0.4) is 0 Å². The molecule has 9 heteroatoms. The predicted octanol–water partition coefficient (Wildman–Crippen LogP) is 4.11. The van der Waals surface area contributed by atoms with E-state index in [9.17, 15) is 19.2 Å². The molecule has 1 saturated heterocycles. The third-order valence-electron chi connectivity index (χ3n) is 5.38. The van der Waals surface area contributed by atoms with Gasteiger partial charge in [-0.05, 0) is 60.9 Å². The number of ether oxygens (including phenoxy) is 2. The van der Waals surface area contributed by atoms with Crippen LogP contribution in [-0.2, 0) is 30.3 Å². The van der Waals surface area contributed by atoms with Crippen molar-refractivity contribution in [3.8, 4) is 0 Å². The van der Waals surface area contributed by atoms with E-state index in [-0.39, 0.29) is 18.9 Å². The van der Waals surface area contributed by atoms with Crippen molar-refractivity contribution in [2.75, 3.05) is 30.0 Å². The van der Waals surface area contributed by atoms with Crippen LogP contribution in [0.4, 0.5) is 11.4 Å². The standard InChI is InChI=1S/C25H27BrN2O6/c1-3-11-33-24(31)17-5-8-20(9-6-17)28-14-18(13-23(28)30)25(32)34-15-22(29)27-21-10-7-19(26)12-16(21)4-2/h5-10,12,18H,3-4,11,13-15H2,1-2H3,(H,27,29)/t18-/m1/s1. The first-order valence-electron chi connectivity index (χ1n) is 11.1. The fraction of sp³-hybridized carbons (Fsp3) is 0.360. The monoisotopic (exact) mass is 530 g/mol. The molecule has 2 amide bonds. The second-order valence-corrected chi connectivity index (χ2v) is 8.81. The second-order valence-electron chi connectivity index (χ2n) is 7.90. The van der Waals surface area contributed by atoms with Crippen molar-refractivity contribution in [2.24, 2.45) is 5.92 Å². The molecule has 34 heavy (non-hydrogen) atoms. The van der Waals surface area contributed by atoms with Gasteiger partial charge in [0, 0.05) is 28.8 Å². The number of hydrogen-bond donors (Lipinski definition) is 1. The first kappa shape index (κ1) is 25.4. The van der Waals surface area contributed by atoms with Crippen molar-refractivity contribution < 1.29 is 28.7 Å². The summed E-state index contributed by atoms with van der Waals surface area (Å²) in [5.41, 5.74) is 2.59. The SMILES string of the molecule is CCCOC(=O)c1ccc(N2C[C@H](C(=O)OCC(=O)Nc3ccc(Br)cc3CC)CC2=O)cc1. The van der Waals surface area contributed by atoms with E-state index < -0.39 is 30.4 Å². The van der Waals surface area contributed by atoms with Crippen LogP contribution in [0.1, 0.15) is 42.6 Å². The van der Waals surface area contributed by atoms with E-state index in [4.69, 9.17) is 9.47 Å². The van der Waals surface area contributed by atoms with Gasteiger partial charge in [-0.2, -0.15) is 0 Å². The summed E-state index contributed by atoms with van der Waals surface area (Å²) in [6.45, 7) is 3.94. The summed E-state index contributed by atoms with van der Waals surface area (Å²) >= 11 is 3.40. The molecule has 0 spiro atoms. The average Bonchev–Trinajstić information content (AvgIpc) is 3.23. The summed E-state index contributed by atoms with van der Waals surface area (Å²) in [7, 11) is 0. The topological polar surface area (TPSA) is 102 Å². The van der Waals surface area contributed by atoms with E-state index in [1.807, 2.05) is 26.0 Å². The molecule has 2 aromatic rings. The highest BCUT2D eigenvalue weighted by Crippen LogP contribution is 2.26. The molecule has 0 bridgehead atoms. The molecule has 0 aliphatic carbocycles. The van der Waals surface area contributed by atoms with Crippen molar-refractivity contribution in [1.29, 1.82) is 0 Å². The summed E-state index contributed by atoms with van der Waals surface area (Å²) in [4.78, 5) is 50.6. The fourth-order valence-electron chi connectivity index (χ4n) is 3.59. The molecule has 1 heterocycles. The van der Waals surface area contributed by atoms with Gasteiger partial charge in [0.1, 0.15) is 0 Å². The first-order valence-corrected chi connectivity index (χ1v) is 11.9. The molecule has 0 radical (unpaired) electrons. The normalized spacial score (nSPS) is 15.2. The van der Waals surface area contributed by atoms with E-state index in [1.54, 1.807) is 30.3 Å². The van der Waals surface area contributed by atoms with Crippen LogP contribution in [0, 0.1) is 5.92 Å². The maximum atomic E-state index is 12.5. The highest BCUT2D eigenvalue weighted by Gasteiger charge is 2.36. The Balaban J connectivity index is 1.53. The molecule has 8 nitrogen and oxygen atoms in total. The summed E-state index contributed by atoms with van der Waals surface area (Å²) in [5, 5.41) is 2.75. The zero-order valence-corrected chi connectivity index (χ0v) is 20.7. The van der Waals surface area contributed by atoms with Gasteiger partial charge in [0.15, 0.2) is 6.61 Å². The minimum Gasteiger partial charge on any atom is -0.462 e. The number of carbonyl (C=O) groups excluding carboxylic acids is 4. The molecule has 0 unspecified atom stereocenters. The lowest BCUT2D eigenvalue weighted by Crippen LogP contribution is -2.28. The summed E-state index contributed by atoms with van der Waals surface area (Å²) in [6.07, 6.45) is 1.46. The molecule has 2 aromatic carbocycles. The average molecular weight is 531 g/mol. The number of rotatable bonds is 9. The molecule has 1 fully saturated rings. The molecule has 180 valence electrons. The van der Waals surface area contributed by atoms with Crippen molar-refractivity contribution >= 4 is 51.1 Å². The number of nitrogens with one attached hydrogen (secondary N) is 1. The third kappa shape index (κ3) is 6.44. The molecule has 1 N–H and O–H groups in total. The van der Waals surface area contributed by atoms with Crippen LogP contribution < -0.4 is 10.2 Å². The lowest BCUT2D eigenvalue weighted by molar-refractivity contribution is -0.151. The van der Waals surface area contributed by atoms with Crippen LogP contribution in [0.25, 0.3) is 0 Å². The Morgan fingerprint density at radius 2 is 1.82 bits per heavy atom. The highest BCUT2D eigenvalue weighted by atomic mass is 79.9. The number of nitrogens with zero attached hydrogens (tertiary/aromatic N) is 1. The smallest absolute Gasteiger partial charge is 0.338 e. The Hall–Kier alpha value is -3.20. The first-order chi connectivity index (χ1) is 16.3. The molecule has 0 aromatic heterocycles. The summed E-state index contributed by atoms with van der Waals surface area (Å²) < 4.78 is 11.2. The number of anilines is 2. The highest BCUT2D eigenvalue weighted by molar-refractivity contribution is 9.10. The fourth-order valence-corrected chi connectivity index (χ4v) is 4.00. The number of carbonyl (C=O) groups is 4. The van der Waals surface area contributed by atoms with Crippen LogP contribution in [0.5, 0.6) is 0 Å². The predicted molar refractivity (Wildman–Crippen MR) is 131 cm³/mol. The number of halogens is 1. The minimum absolute atomic E-state index is 0.00651. The quantitative estimate of drug-likeness (QED) is 0.489. The number of esters is 2. The van der Waals surface area contributed by atoms with E-state index >= 15 is 0 Å². The number of benzene rings is 2. The maximum Gasteiger partial charge on any atom is 0.338 e. The Bertz CT molecular complexity index is 1070. The van der Waals surface area contributed by atoms with Gasteiger partial charge < -0.3 is 19.7 Å². The molecule has 0 saturated carbocycles. The molecule has 1 aliphatic heterocycles. The van der Waals surface area contributed by atoms with Crippen LogP contribution >= 0.6 is 15.9 Å². The molecule has 3 rings (SSSR count). The van der Waals surface area contributed by atoms with Crippen molar-refractivity contribution in [3.05, 3.63) is 58.1 Å².